The van der Waals surface area contributed by atoms with Crippen molar-refractivity contribution in [3.63, 3.8) is 0 Å². The molecule has 2 atom stereocenters. The predicted molar refractivity (Wildman–Crippen MR) is 98.9 cm³/mol. The van der Waals surface area contributed by atoms with Crippen molar-refractivity contribution in [2.24, 2.45) is 11.8 Å². The van der Waals surface area contributed by atoms with Crippen LogP contribution in [0, 0.1) is 11.8 Å². The Bertz CT molecular complexity index is 706. The Morgan fingerprint density at radius 3 is 2.40 bits per heavy atom. The first-order valence-electron chi connectivity index (χ1n) is 9.47. The summed E-state index contributed by atoms with van der Waals surface area (Å²) in [5, 5.41) is 3.08. The number of hydrogen-bond acceptors (Lipinski definition) is 3. The number of carbonyl (C=O) groups is 1. The first-order valence-corrected chi connectivity index (χ1v) is 11.0. The Morgan fingerprint density at radius 2 is 1.80 bits per heavy atom. The van der Waals surface area contributed by atoms with Crippen molar-refractivity contribution in [2.45, 2.75) is 74.5 Å². The molecule has 0 unspecified atom stereocenters. The lowest BCUT2D eigenvalue weighted by Gasteiger charge is -2.35. The molecule has 2 aliphatic rings. The van der Waals surface area contributed by atoms with E-state index in [0.717, 1.165) is 32.1 Å². The zero-order chi connectivity index (χ0) is 18.1. The first-order chi connectivity index (χ1) is 11.9. The van der Waals surface area contributed by atoms with Gasteiger partial charge in [-0.2, -0.15) is 0 Å². The predicted octanol–water partition coefficient (Wildman–Crippen LogP) is 3.71. The monoisotopic (exact) mass is 363 g/mol. The van der Waals surface area contributed by atoms with Crippen molar-refractivity contribution >= 4 is 15.7 Å². The van der Waals surface area contributed by atoms with Crippen LogP contribution in [0.2, 0.25) is 0 Å². The summed E-state index contributed by atoms with van der Waals surface area (Å²) in [6.45, 7) is 4.36. The minimum atomic E-state index is -3.69. The zero-order valence-corrected chi connectivity index (χ0v) is 16.0. The molecule has 0 aliphatic heterocycles. The van der Waals surface area contributed by atoms with Gasteiger partial charge in [-0.05, 0) is 49.7 Å². The maximum atomic E-state index is 13.4. The Labute approximate surface area is 151 Å². The summed E-state index contributed by atoms with van der Waals surface area (Å²) in [4.78, 5) is 13.4. The van der Waals surface area contributed by atoms with Crippen molar-refractivity contribution in [3.05, 3.63) is 30.3 Å². The van der Waals surface area contributed by atoms with Gasteiger partial charge in [0.25, 0.3) is 0 Å². The molecular formula is C20H29NO3S. The minimum absolute atomic E-state index is 0.152. The molecule has 1 amide bonds. The van der Waals surface area contributed by atoms with Gasteiger partial charge in [-0.15, -0.1) is 0 Å². The molecule has 0 radical (unpaired) electrons. The molecule has 2 saturated carbocycles. The van der Waals surface area contributed by atoms with Crippen LogP contribution >= 0.6 is 0 Å². The normalized spacial score (nSPS) is 25.6. The highest BCUT2D eigenvalue weighted by Gasteiger charge is 2.53. The van der Waals surface area contributed by atoms with E-state index in [9.17, 15) is 13.2 Å². The van der Waals surface area contributed by atoms with E-state index in [1.807, 2.05) is 0 Å². The van der Waals surface area contributed by atoms with Gasteiger partial charge in [0.15, 0.2) is 14.6 Å². The number of benzene rings is 1. The Hall–Kier alpha value is -1.36. The summed E-state index contributed by atoms with van der Waals surface area (Å²) in [5.74, 6) is 0.833. The van der Waals surface area contributed by atoms with E-state index in [-0.39, 0.29) is 16.8 Å². The topological polar surface area (TPSA) is 63.2 Å². The van der Waals surface area contributed by atoms with Crippen LogP contribution in [-0.2, 0) is 14.6 Å². The average Bonchev–Trinajstić information content (AvgIpc) is 3.32. The van der Waals surface area contributed by atoms with Gasteiger partial charge in [-0.25, -0.2) is 8.42 Å². The van der Waals surface area contributed by atoms with E-state index in [2.05, 4.69) is 19.2 Å². The van der Waals surface area contributed by atoms with Gasteiger partial charge in [-0.1, -0.05) is 51.3 Å². The fourth-order valence-electron chi connectivity index (χ4n) is 4.16. The van der Waals surface area contributed by atoms with Crippen molar-refractivity contribution in [1.29, 1.82) is 0 Å². The number of nitrogens with one attached hydrogen (secondary N) is 1. The van der Waals surface area contributed by atoms with E-state index < -0.39 is 14.6 Å². The van der Waals surface area contributed by atoms with Crippen LogP contribution in [0.4, 0.5) is 0 Å². The molecule has 138 valence electrons. The van der Waals surface area contributed by atoms with Crippen molar-refractivity contribution in [3.8, 4) is 0 Å². The van der Waals surface area contributed by atoms with Gasteiger partial charge < -0.3 is 5.32 Å². The van der Waals surface area contributed by atoms with Gasteiger partial charge >= 0.3 is 0 Å². The average molecular weight is 364 g/mol. The van der Waals surface area contributed by atoms with Crippen LogP contribution in [0.5, 0.6) is 0 Å². The smallest absolute Gasteiger partial charge is 0.242 e. The van der Waals surface area contributed by atoms with E-state index in [0.29, 0.717) is 24.7 Å². The summed E-state index contributed by atoms with van der Waals surface area (Å²) in [5.41, 5.74) is 0. The van der Waals surface area contributed by atoms with Crippen LogP contribution in [0.25, 0.3) is 0 Å². The summed E-state index contributed by atoms with van der Waals surface area (Å²) < 4.78 is 25.4. The maximum Gasteiger partial charge on any atom is 0.242 e. The third-order valence-electron chi connectivity index (χ3n) is 5.66. The van der Waals surface area contributed by atoms with Gasteiger partial charge in [0.1, 0.15) is 0 Å². The minimum Gasteiger partial charge on any atom is -0.352 e. The highest BCUT2D eigenvalue weighted by Crippen LogP contribution is 2.41. The molecule has 2 aliphatic carbocycles. The molecule has 25 heavy (non-hydrogen) atoms. The van der Waals surface area contributed by atoms with E-state index >= 15 is 0 Å². The zero-order valence-electron chi connectivity index (χ0n) is 15.2. The van der Waals surface area contributed by atoms with Gasteiger partial charge in [0.05, 0.1) is 4.90 Å². The highest BCUT2D eigenvalue weighted by atomic mass is 32.2. The van der Waals surface area contributed by atoms with Crippen LogP contribution in [-0.4, -0.2) is 25.1 Å². The molecule has 3 rings (SSSR count). The Balaban J connectivity index is 1.83. The summed E-state index contributed by atoms with van der Waals surface area (Å²) in [6, 6.07) is 8.62. The number of rotatable bonds is 6. The molecule has 2 fully saturated rings. The summed E-state index contributed by atoms with van der Waals surface area (Å²) >= 11 is 0. The van der Waals surface area contributed by atoms with Crippen molar-refractivity contribution < 1.29 is 13.2 Å². The third kappa shape index (κ3) is 3.62. The SMILES string of the molecule is CC(C)C[C@@H]1C[C@H]1NC(=O)C1(S(=O)(=O)c2ccccc2)CCCCC1. The molecule has 1 aromatic rings. The molecule has 1 aromatic carbocycles. The summed E-state index contributed by atoms with van der Waals surface area (Å²) in [6.07, 6.45) is 5.50. The maximum absolute atomic E-state index is 13.4. The third-order valence-corrected chi connectivity index (χ3v) is 8.17. The fraction of sp³-hybridized carbons (Fsp3) is 0.650. The number of sulfone groups is 1. The summed E-state index contributed by atoms with van der Waals surface area (Å²) in [7, 11) is -3.69. The highest BCUT2D eigenvalue weighted by molar-refractivity contribution is 7.93. The molecule has 4 nitrogen and oxygen atoms in total. The number of amides is 1. The molecule has 0 spiro atoms. The van der Waals surface area contributed by atoms with Crippen LogP contribution in [0.1, 0.15) is 58.8 Å². The van der Waals surface area contributed by atoms with Gasteiger partial charge in [-0.3, -0.25) is 4.79 Å². The Morgan fingerprint density at radius 1 is 1.16 bits per heavy atom. The Kier molecular flexibility index (Phi) is 5.24. The van der Waals surface area contributed by atoms with Crippen molar-refractivity contribution in [1.82, 2.24) is 5.32 Å². The standard InChI is InChI=1S/C20H29NO3S/c1-15(2)13-16-14-18(16)21-19(22)20(11-7-4-8-12-20)25(23,24)17-9-5-3-6-10-17/h3,5-6,9-10,15-16,18H,4,7-8,11-14H2,1-2H3,(H,21,22)/t16-,18-/m1/s1. The second kappa shape index (κ2) is 7.10. The lowest BCUT2D eigenvalue weighted by molar-refractivity contribution is -0.124. The first kappa shape index (κ1) is 18.4. The van der Waals surface area contributed by atoms with Crippen molar-refractivity contribution in [2.75, 3.05) is 0 Å². The van der Waals surface area contributed by atoms with E-state index in [4.69, 9.17) is 0 Å². The molecule has 0 heterocycles. The lowest BCUT2D eigenvalue weighted by Crippen LogP contribution is -2.54. The van der Waals surface area contributed by atoms with Crippen LogP contribution in [0.3, 0.4) is 0 Å². The molecular weight excluding hydrogens is 334 g/mol. The van der Waals surface area contributed by atoms with E-state index in [1.165, 1.54) is 0 Å². The molecule has 0 saturated heterocycles. The van der Waals surface area contributed by atoms with Gasteiger partial charge in [0.2, 0.25) is 5.91 Å². The second-order valence-electron chi connectivity index (χ2n) is 8.08. The molecule has 0 aromatic heterocycles. The molecule has 5 heteroatoms. The largest absolute Gasteiger partial charge is 0.352 e. The quantitative estimate of drug-likeness (QED) is 0.838. The van der Waals surface area contributed by atoms with Gasteiger partial charge in [0, 0.05) is 6.04 Å². The number of hydrogen-bond donors (Lipinski definition) is 1. The van der Waals surface area contributed by atoms with Crippen LogP contribution < -0.4 is 5.32 Å². The number of carbonyl (C=O) groups excluding carboxylic acids is 1. The van der Waals surface area contributed by atoms with E-state index in [1.54, 1.807) is 30.3 Å². The fourth-order valence-corrected chi connectivity index (χ4v) is 6.25. The van der Waals surface area contributed by atoms with Crippen LogP contribution in [0.15, 0.2) is 35.2 Å². The lowest BCUT2D eigenvalue weighted by atomic mass is 9.87. The second-order valence-corrected chi connectivity index (χ2v) is 10.3. The molecule has 1 N–H and O–H groups in total. The molecule has 0 bridgehead atoms.